The lowest BCUT2D eigenvalue weighted by molar-refractivity contribution is 0.0972. The lowest BCUT2D eigenvalue weighted by Gasteiger charge is -2.37. The van der Waals surface area contributed by atoms with Crippen LogP contribution in [-0.4, -0.2) is 157 Å². The van der Waals surface area contributed by atoms with Crippen LogP contribution in [-0.2, 0) is 18.9 Å². The number of morpholine rings is 4. The van der Waals surface area contributed by atoms with E-state index in [-0.39, 0.29) is 24.2 Å². The Morgan fingerprint density at radius 2 is 0.922 bits per heavy atom. The summed E-state index contributed by atoms with van der Waals surface area (Å²) in [7, 11) is 3.96. The zero-order valence-electron chi connectivity index (χ0n) is 37.4. The predicted octanol–water partition coefficient (Wildman–Crippen LogP) is 5.28. The normalized spacial score (nSPS) is 21.8. The number of ether oxygens (including phenoxy) is 4. The lowest BCUT2D eigenvalue weighted by Crippen LogP contribution is -2.46. The van der Waals surface area contributed by atoms with Gasteiger partial charge in [-0.3, -0.25) is 0 Å². The molecule has 0 radical (unpaired) electrons. The van der Waals surface area contributed by atoms with E-state index in [2.05, 4.69) is 63.3 Å². The molecule has 4 aliphatic heterocycles. The van der Waals surface area contributed by atoms with Crippen LogP contribution in [0.4, 0.5) is 33.7 Å². The first-order valence-corrected chi connectivity index (χ1v) is 22.1. The number of aromatic nitrogens is 8. The molecule has 0 N–H and O–H groups in total. The van der Waals surface area contributed by atoms with Gasteiger partial charge in [0.25, 0.3) is 0 Å². The molecule has 17 nitrogen and oxygen atoms in total. The Morgan fingerprint density at radius 1 is 0.500 bits per heavy atom. The minimum atomic E-state index is -0.515. The summed E-state index contributed by atoms with van der Waals surface area (Å²) in [5.74, 6) is 3.54. The van der Waals surface area contributed by atoms with Crippen LogP contribution in [0.3, 0.4) is 0 Å². The van der Waals surface area contributed by atoms with Gasteiger partial charge in [-0.1, -0.05) is 0 Å². The van der Waals surface area contributed by atoms with Crippen LogP contribution in [0.25, 0.3) is 44.6 Å². The minimum absolute atomic E-state index is 0.172. The van der Waals surface area contributed by atoms with Gasteiger partial charge in [0.2, 0.25) is 17.8 Å². The van der Waals surface area contributed by atoms with Crippen LogP contribution in [0.15, 0.2) is 60.9 Å². The van der Waals surface area contributed by atoms with Gasteiger partial charge in [0.1, 0.15) is 17.5 Å². The van der Waals surface area contributed by atoms with Crippen molar-refractivity contribution < 1.29 is 23.3 Å². The Kier molecular flexibility index (Phi) is 12.9. The van der Waals surface area contributed by atoms with Gasteiger partial charge >= 0.3 is 0 Å². The van der Waals surface area contributed by atoms with E-state index < -0.39 is 5.95 Å². The molecule has 10 heterocycles. The summed E-state index contributed by atoms with van der Waals surface area (Å²) >= 11 is 0. The van der Waals surface area contributed by atoms with Crippen molar-refractivity contribution in [2.24, 2.45) is 0 Å². The summed E-state index contributed by atoms with van der Waals surface area (Å²) in [6.07, 6.45) is 3.35. The number of anilines is 5. The molecular formula is C46H56FN13O4. The molecule has 6 aromatic rings. The molecule has 4 atom stereocenters. The van der Waals surface area contributed by atoms with Crippen molar-refractivity contribution in [3.05, 3.63) is 66.9 Å². The highest BCUT2D eigenvalue weighted by Crippen LogP contribution is 2.33. The molecule has 0 saturated carbocycles. The molecule has 0 aliphatic carbocycles. The molecule has 4 fully saturated rings. The summed E-state index contributed by atoms with van der Waals surface area (Å²) in [5, 5.41) is 1.84. The molecule has 6 aromatic heterocycles. The molecular weight excluding hydrogens is 818 g/mol. The summed E-state index contributed by atoms with van der Waals surface area (Å²) in [4.78, 5) is 48.8. The Balaban J connectivity index is 0.000000162. The average Bonchev–Trinajstić information content (AvgIpc) is 3.31. The van der Waals surface area contributed by atoms with Crippen molar-refractivity contribution >= 4 is 51.4 Å². The monoisotopic (exact) mass is 873 g/mol. The second kappa shape index (κ2) is 19.0. The third kappa shape index (κ3) is 9.18. The van der Waals surface area contributed by atoms with Crippen LogP contribution in [0.1, 0.15) is 27.7 Å². The quantitative estimate of drug-likeness (QED) is 0.191. The maximum Gasteiger partial charge on any atom is 0.229 e. The highest BCUT2D eigenvalue weighted by Gasteiger charge is 2.29. The second-order valence-electron chi connectivity index (χ2n) is 17.0. The Labute approximate surface area is 372 Å². The van der Waals surface area contributed by atoms with E-state index >= 15 is 0 Å². The largest absolute Gasteiger partial charge is 0.377 e. The average molecular weight is 874 g/mol. The molecule has 0 aromatic carbocycles. The van der Waals surface area contributed by atoms with Crippen LogP contribution < -0.4 is 24.5 Å². The van der Waals surface area contributed by atoms with Gasteiger partial charge in [0, 0.05) is 63.8 Å². The Hall–Kier alpha value is -5.95. The molecule has 4 aliphatic rings. The zero-order valence-corrected chi connectivity index (χ0v) is 37.4. The number of hydrogen-bond acceptors (Lipinski definition) is 17. The molecule has 0 amide bonds. The molecule has 336 valence electrons. The van der Waals surface area contributed by atoms with Crippen molar-refractivity contribution in [3.63, 3.8) is 0 Å². The fourth-order valence-corrected chi connectivity index (χ4v) is 8.44. The molecule has 10 rings (SSSR count). The molecule has 64 heavy (non-hydrogen) atoms. The van der Waals surface area contributed by atoms with E-state index in [1.807, 2.05) is 55.5 Å². The predicted molar refractivity (Wildman–Crippen MR) is 246 cm³/mol. The van der Waals surface area contributed by atoms with E-state index in [9.17, 15) is 4.39 Å². The number of fused-ring (bicyclic) bond motifs is 2. The summed E-state index contributed by atoms with van der Waals surface area (Å²) in [6.45, 7) is 16.9. The standard InChI is InChI=1S/C24H31N7O2.C22H25FN6O2/c1-16-14-32-11-9-30(16)23-19-6-7-20(18-5-8-21(25-13-18)29(3)4)26-22(19)27-24(28-23)31-10-12-33-15-17(31)2;1-14-12-30-9-7-28(14)21-17-4-5-18(16-3-6-19(23)24-11-16)25-20(17)26-22(27-21)29-8-10-31-13-15(29)2/h5-8,13,16-17H,9-12,14-15H2,1-4H3;3-6,11,14-15H,7-10,12-13H2,1-2H3/t16-,17-;14-,15-/m00/s1. The summed E-state index contributed by atoms with van der Waals surface area (Å²) in [5.41, 5.74) is 4.55. The van der Waals surface area contributed by atoms with Gasteiger partial charge in [-0.2, -0.15) is 24.3 Å². The fraction of sp³-hybridized carbons (Fsp3) is 0.478. The van der Waals surface area contributed by atoms with Gasteiger partial charge in [0.15, 0.2) is 11.3 Å². The van der Waals surface area contributed by atoms with Gasteiger partial charge < -0.3 is 43.4 Å². The molecule has 18 heteroatoms. The van der Waals surface area contributed by atoms with E-state index in [0.29, 0.717) is 81.7 Å². The van der Waals surface area contributed by atoms with Crippen LogP contribution in [0.5, 0.6) is 0 Å². The van der Waals surface area contributed by atoms with Crippen LogP contribution in [0, 0.1) is 5.95 Å². The first-order valence-electron chi connectivity index (χ1n) is 22.1. The summed E-state index contributed by atoms with van der Waals surface area (Å²) < 4.78 is 35.8. The number of nitrogens with zero attached hydrogens (tertiary/aromatic N) is 13. The number of pyridine rings is 4. The smallest absolute Gasteiger partial charge is 0.229 e. The number of halogens is 1. The van der Waals surface area contributed by atoms with Gasteiger partial charge in [0.05, 0.1) is 99.2 Å². The Bertz CT molecular complexity index is 2550. The molecule has 0 spiro atoms. The Morgan fingerprint density at radius 3 is 1.30 bits per heavy atom. The first kappa shape index (κ1) is 43.3. The van der Waals surface area contributed by atoms with Crippen molar-refractivity contribution in [2.75, 3.05) is 118 Å². The van der Waals surface area contributed by atoms with E-state index in [4.69, 9.17) is 48.9 Å². The summed E-state index contributed by atoms with van der Waals surface area (Å²) in [6, 6.07) is 15.9. The first-order chi connectivity index (χ1) is 31.1. The van der Waals surface area contributed by atoms with E-state index in [1.165, 1.54) is 12.3 Å². The van der Waals surface area contributed by atoms with Gasteiger partial charge in [-0.25, -0.2) is 19.9 Å². The highest BCUT2D eigenvalue weighted by atomic mass is 19.1. The highest BCUT2D eigenvalue weighted by molar-refractivity contribution is 5.91. The second-order valence-corrected chi connectivity index (χ2v) is 17.0. The lowest BCUT2D eigenvalue weighted by atomic mass is 10.1. The zero-order chi connectivity index (χ0) is 44.3. The fourth-order valence-electron chi connectivity index (χ4n) is 8.44. The van der Waals surface area contributed by atoms with E-state index in [0.717, 1.165) is 71.2 Å². The van der Waals surface area contributed by atoms with Crippen molar-refractivity contribution in [1.29, 1.82) is 0 Å². The topological polar surface area (TPSA) is 156 Å². The van der Waals surface area contributed by atoms with Crippen molar-refractivity contribution in [1.82, 2.24) is 39.9 Å². The molecule has 4 saturated heterocycles. The number of hydrogen-bond donors (Lipinski definition) is 0. The van der Waals surface area contributed by atoms with Gasteiger partial charge in [-0.15, -0.1) is 0 Å². The SMILES string of the molecule is C[C@H]1COCCN1c1nc(N2CCOC[C@@H]2C)c2ccc(-c3ccc(F)nc3)nc2n1.C[C@H]1COCCN1c1nc(N2CCOC[C@@H]2C)c2ccc(-c3ccc(N(C)C)nc3)nc2n1. The third-order valence-electron chi connectivity index (χ3n) is 12.1. The van der Waals surface area contributed by atoms with Crippen LogP contribution in [0.2, 0.25) is 0 Å². The molecule has 0 bridgehead atoms. The van der Waals surface area contributed by atoms with E-state index in [1.54, 1.807) is 6.07 Å². The number of rotatable bonds is 7. The van der Waals surface area contributed by atoms with Crippen molar-refractivity contribution in [3.8, 4) is 22.5 Å². The third-order valence-corrected chi connectivity index (χ3v) is 12.1. The maximum absolute atomic E-state index is 13.3. The maximum atomic E-state index is 13.3. The van der Waals surface area contributed by atoms with Crippen LogP contribution >= 0.6 is 0 Å². The van der Waals surface area contributed by atoms with Crippen molar-refractivity contribution in [2.45, 2.75) is 51.9 Å². The molecule has 0 unspecified atom stereocenters. The minimum Gasteiger partial charge on any atom is -0.377 e. The van der Waals surface area contributed by atoms with Gasteiger partial charge in [-0.05, 0) is 76.2 Å².